The van der Waals surface area contributed by atoms with Gasteiger partial charge in [-0.1, -0.05) is 39.5 Å². The highest BCUT2D eigenvalue weighted by molar-refractivity contribution is 5.26. The van der Waals surface area contributed by atoms with Crippen molar-refractivity contribution in [3.05, 3.63) is 12.4 Å². The lowest BCUT2D eigenvalue weighted by Gasteiger charge is -2.16. The maximum atomic E-state index is 4.37. The molecule has 1 rings (SSSR count). The third-order valence-electron chi connectivity index (χ3n) is 3.15. The fourth-order valence-corrected chi connectivity index (χ4v) is 2.05. The number of hydrogen-bond donors (Lipinski definition) is 1. The Kier molecular flexibility index (Phi) is 6.75. The first-order valence-corrected chi connectivity index (χ1v) is 7.06. The molecule has 0 bridgehead atoms. The highest BCUT2D eigenvalue weighted by Crippen LogP contribution is 2.19. The van der Waals surface area contributed by atoms with Crippen molar-refractivity contribution in [3.8, 4) is 0 Å². The summed E-state index contributed by atoms with van der Waals surface area (Å²) in [7, 11) is 0. The SMILES string of the molecule is CCCCCCC(C)n1ccnc1NCCC. The van der Waals surface area contributed by atoms with Gasteiger partial charge in [0.25, 0.3) is 0 Å². The van der Waals surface area contributed by atoms with Crippen LogP contribution in [-0.2, 0) is 0 Å². The van der Waals surface area contributed by atoms with Crippen LogP contribution in [-0.4, -0.2) is 16.1 Å². The molecule has 1 N–H and O–H groups in total. The molecule has 98 valence electrons. The number of hydrogen-bond acceptors (Lipinski definition) is 2. The van der Waals surface area contributed by atoms with E-state index in [9.17, 15) is 0 Å². The fraction of sp³-hybridized carbons (Fsp3) is 0.786. The van der Waals surface area contributed by atoms with Gasteiger partial charge in [-0.25, -0.2) is 4.98 Å². The second-order valence-corrected chi connectivity index (χ2v) is 4.78. The zero-order valence-corrected chi connectivity index (χ0v) is 11.6. The zero-order valence-electron chi connectivity index (χ0n) is 11.6. The molecule has 0 amide bonds. The van der Waals surface area contributed by atoms with E-state index in [1.54, 1.807) is 0 Å². The first-order valence-electron chi connectivity index (χ1n) is 7.06. The number of nitrogens with one attached hydrogen (secondary N) is 1. The molecule has 0 fully saturated rings. The minimum Gasteiger partial charge on any atom is -0.356 e. The number of nitrogens with zero attached hydrogens (tertiary/aromatic N) is 2. The molecule has 0 spiro atoms. The molecule has 1 heterocycles. The molecule has 0 aliphatic rings. The van der Waals surface area contributed by atoms with Crippen molar-refractivity contribution in [1.82, 2.24) is 9.55 Å². The summed E-state index contributed by atoms with van der Waals surface area (Å²) < 4.78 is 2.27. The molecule has 3 heteroatoms. The van der Waals surface area contributed by atoms with Gasteiger partial charge >= 0.3 is 0 Å². The van der Waals surface area contributed by atoms with Gasteiger partial charge in [-0.3, -0.25) is 0 Å². The molecule has 1 unspecified atom stereocenters. The normalized spacial score (nSPS) is 12.6. The van der Waals surface area contributed by atoms with Crippen LogP contribution in [0.3, 0.4) is 0 Å². The van der Waals surface area contributed by atoms with Gasteiger partial charge in [-0.05, 0) is 19.8 Å². The van der Waals surface area contributed by atoms with Crippen LogP contribution in [0, 0.1) is 0 Å². The van der Waals surface area contributed by atoms with Gasteiger partial charge in [-0.2, -0.15) is 0 Å². The predicted octanol–water partition coefficient (Wildman–Crippen LogP) is 4.24. The Labute approximate surface area is 106 Å². The van der Waals surface area contributed by atoms with E-state index in [1.807, 2.05) is 6.20 Å². The first-order chi connectivity index (χ1) is 8.29. The molecule has 1 aromatic rings. The van der Waals surface area contributed by atoms with Crippen molar-refractivity contribution in [1.29, 1.82) is 0 Å². The Hall–Kier alpha value is -0.990. The lowest BCUT2D eigenvalue weighted by Crippen LogP contribution is -2.11. The minimum absolute atomic E-state index is 0.550. The topological polar surface area (TPSA) is 29.9 Å². The third-order valence-corrected chi connectivity index (χ3v) is 3.15. The van der Waals surface area contributed by atoms with Crippen LogP contribution in [0.25, 0.3) is 0 Å². The van der Waals surface area contributed by atoms with Crippen molar-refractivity contribution in [3.63, 3.8) is 0 Å². The minimum atomic E-state index is 0.550. The van der Waals surface area contributed by atoms with Gasteiger partial charge in [0.05, 0.1) is 0 Å². The maximum Gasteiger partial charge on any atom is 0.203 e. The summed E-state index contributed by atoms with van der Waals surface area (Å²) in [5, 5.41) is 3.38. The Morgan fingerprint density at radius 2 is 2.06 bits per heavy atom. The van der Waals surface area contributed by atoms with Crippen LogP contribution in [0.4, 0.5) is 5.95 Å². The average Bonchev–Trinajstić information content (AvgIpc) is 2.80. The summed E-state index contributed by atoms with van der Waals surface area (Å²) in [5.74, 6) is 1.02. The van der Waals surface area contributed by atoms with Crippen LogP contribution in [0.15, 0.2) is 12.4 Å². The smallest absolute Gasteiger partial charge is 0.203 e. The second-order valence-electron chi connectivity index (χ2n) is 4.78. The van der Waals surface area contributed by atoms with Crippen molar-refractivity contribution in [2.45, 2.75) is 65.3 Å². The van der Waals surface area contributed by atoms with Crippen LogP contribution in [0.1, 0.15) is 65.3 Å². The number of imidazole rings is 1. The Balaban J connectivity index is 2.39. The van der Waals surface area contributed by atoms with Crippen LogP contribution in [0.5, 0.6) is 0 Å². The van der Waals surface area contributed by atoms with E-state index in [2.05, 4.69) is 41.8 Å². The van der Waals surface area contributed by atoms with Gasteiger partial charge in [0, 0.05) is 25.0 Å². The van der Waals surface area contributed by atoms with Crippen molar-refractivity contribution in [2.24, 2.45) is 0 Å². The van der Waals surface area contributed by atoms with Crippen LogP contribution >= 0.6 is 0 Å². The van der Waals surface area contributed by atoms with E-state index in [0.29, 0.717) is 6.04 Å². The summed E-state index contributed by atoms with van der Waals surface area (Å²) >= 11 is 0. The van der Waals surface area contributed by atoms with Crippen molar-refractivity contribution in [2.75, 3.05) is 11.9 Å². The van der Waals surface area contributed by atoms with Crippen LogP contribution < -0.4 is 5.32 Å². The molecular weight excluding hydrogens is 210 g/mol. The predicted molar refractivity (Wildman–Crippen MR) is 74.5 cm³/mol. The Morgan fingerprint density at radius 1 is 1.24 bits per heavy atom. The molecular formula is C14H27N3. The fourth-order valence-electron chi connectivity index (χ4n) is 2.05. The third kappa shape index (κ3) is 4.80. The molecule has 17 heavy (non-hydrogen) atoms. The molecule has 0 radical (unpaired) electrons. The summed E-state index contributed by atoms with van der Waals surface area (Å²) in [4.78, 5) is 4.37. The number of unbranched alkanes of at least 4 members (excludes halogenated alkanes) is 3. The Morgan fingerprint density at radius 3 is 2.76 bits per heavy atom. The lowest BCUT2D eigenvalue weighted by atomic mass is 10.1. The quantitative estimate of drug-likeness (QED) is 0.651. The highest BCUT2D eigenvalue weighted by atomic mass is 15.2. The summed E-state index contributed by atoms with van der Waals surface area (Å²) in [6, 6.07) is 0.550. The molecule has 0 saturated heterocycles. The number of rotatable bonds is 9. The van der Waals surface area contributed by atoms with Gasteiger partial charge in [0.2, 0.25) is 5.95 Å². The average molecular weight is 237 g/mol. The molecule has 1 aromatic heterocycles. The Bertz CT molecular complexity index is 293. The van der Waals surface area contributed by atoms with Crippen molar-refractivity contribution < 1.29 is 0 Å². The van der Waals surface area contributed by atoms with E-state index in [4.69, 9.17) is 0 Å². The maximum absolute atomic E-state index is 4.37. The largest absolute Gasteiger partial charge is 0.356 e. The lowest BCUT2D eigenvalue weighted by molar-refractivity contribution is 0.475. The zero-order chi connectivity index (χ0) is 12.5. The van der Waals surface area contributed by atoms with E-state index in [0.717, 1.165) is 18.9 Å². The summed E-state index contributed by atoms with van der Waals surface area (Å²) in [6.07, 6.45) is 11.7. The molecule has 1 atom stereocenters. The summed E-state index contributed by atoms with van der Waals surface area (Å²) in [5.41, 5.74) is 0. The van der Waals surface area contributed by atoms with E-state index in [-0.39, 0.29) is 0 Å². The summed E-state index contributed by atoms with van der Waals surface area (Å²) in [6.45, 7) is 7.71. The van der Waals surface area contributed by atoms with Crippen LogP contribution in [0.2, 0.25) is 0 Å². The highest BCUT2D eigenvalue weighted by Gasteiger charge is 2.08. The number of anilines is 1. The molecule has 0 aliphatic carbocycles. The van der Waals surface area contributed by atoms with Gasteiger partial charge in [-0.15, -0.1) is 0 Å². The second kappa shape index (κ2) is 8.15. The van der Waals surface area contributed by atoms with Gasteiger partial charge in [0.1, 0.15) is 0 Å². The van der Waals surface area contributed by atoms with E-state index < -0.39 is 0 Å². The molecule has 0 aromatic carbocycles. The van der Waals surface area contributed by atoms with Gasteiger partial charge in [0.15, 0.2) is 0 Å². The molecule has 0 aliphatic heterocycles. The first kappa shape index (κ1) is 14.1. The molecule has 0 saturated carbocycles. The number of aromatic nitrogens is 2. The molecule has 3 nitrogen and oxygen atoms in total. The van der Waals surface area contributed by atoms with E-state index in [1.165, 1.54) is 32.1 Å². The van der Waals surface area contributed by atoms with E-state index >= 15 is 0 Å². The standard InChI is InChI=1S/C14H27N3/c1-4-6-7-8-9-13(3)17-12-11-16-14(17)15-10-5-2/h11-13H,4-10H2,1-3H3,(H,15,16). The van der Waals surface area contributed by atoms with Gasteiger partial charge < -0.3 is 9.88 Å². The monoisotopic (exact) mass is 237 g/mol. The van der Waals surface area contributed by atoms with Crippen molar-refractivity contribution >= 4 is 5.95 Å².